The van der Waals surface area contributed by atoms with E-state index in [1.54, 1.807) is 19.9 Å². The summed E-state index contributed by atoms with van der Waals surface area (Å²) >= 11 is 0. The second kappa shape index (κ2) is 11.1. The maximum atomic E-state index is 13.7. The van der Waals surface area contributed by atoms with Gasteiger partial charge in [-0.15, -0.1) is 37.2 Å². The molecule has 0 aromatic heterocycles. The normalized spacial score (nSPS) is 15.8. The Balaban J connectivity index is 0. The Morgan fingerprint density at radius 1 is 1.19 bits per heavy atom. The van der Waals surface area contributed by atoms with Crippen molar-refractivity contribution in [3.63, 3.8) is 0 Å². The molecule has 1 saturated heterocycles. The first-order chi connectivity index (χ1) is 10.7. The first-order valence-corrected chi connectivity index (χ1v) is 8.01. The number of halogens is 4. The van der Waals surface area contributed by atoms with Gasteiger partial charge >= 0.3 is 0 Å². The predicted octanol–water partition coefficient (Wildman–Crippen LogP) is 2.76. The van der Waals surface area contributed by atoms with Crippen LogP contribution in [-0.2, 0) is 4.79 Å². The van der Waals surface area contributed by atoms with E-state index in [1.807, 2.05) is 6.92 Å². The van der Waals surface area contributed by atoms with Crippen LogP contribution in [0.25, 0.3) is 0 Å². The van der Waals surface area contributed by atoms with E-state index in [0.717, 1.165) is 37.4 Å². The number of nitrogens with one attached hydrogen (secondary N) is 1. The molecule has 1 aliphatic heterocycles. The minimum Gasteiger partial charge on any atom is -0.369 e. The van der Waals surface area contributed by atoms with Crippen molar-refractivity contribution in [2.45, 2.75) is 32.4 Å². The van der Waals surface area contributed by atoms with Crippen LogP contribution in [-0.4, -0.2) is 49.6 Å². The van der Waals surface area contributed by atoms with Crippen LogP contribution in [0.3, 0.4) is 0 Å². The summed E-state index contributed by atoms with van der Waals surface area (Å²) in [4.78, 5) is 16.6. The van der Waals surface area contributed by atoms with Crippen LogP contribution < -0.4 is 16.0 Å². The molecular weight excluding hydrogens is 402 g/mol. The van der Waals surface area contributed by atoms with Gasteiger partial charge in [-0.1, -0.05) is 0 Å². The number of rotatable bonds is 4. The number of carbonyl (C=O) groups is 1. The fourth-order valence-corrected chi connectivity index (χ4v) is 2.67. The van der Waals surface area contributed by atoms with Crippen LogP contribution in [0.4, 0.5) is 10.1 Å². The molecule has 5 nitrogen and oxygen atoms in total. The molecule has 9 heteroatoms. The fraction of sp³-hybridized carbons (Fsp3) is 0.588. The Morgan fingerprint density at radius 3 is 2.23 bits per heavy atom. The lowest BCUT2D eigenvalue weighted by Gasteiger charge is -2.36. The first kappa shape index (κ1) is 27.4. The van der Waals surface area contributed by atoms with Gasteiger partial charge in [-0.3, -0.25) is 4.79 Å². The second-order valence-corrected chi connectivity index (χ2v) is 6.91. The van der Waals surface area contributed by atoms with Crippen LogP contribution >= 0.6 is 37.2 Å². The number of piperazine rings is 1. The molecule has 1 aromatic carbocycles. The molecule has 0 saturated carbocycles. The summed E-state index contributed by atoms with van der Waals surface area (Å²) in [6.45, 7) is 8.87. The van der Waals surface area contributed by atoms with Crippen molar-refractivity contribution >= 4 is 48.8 Å². The number of carbonyl (C=O) groups excluding carboxylic acids is 1. The minimum atomic E-state index is -0.963. The van der Waals surface area contributed by atoms with Gasteiger partial charge in [-0.25, -0.2) is 4.39 Å². The average molecular weight is 432 g/mol. The molecule has 1 aromatic rings. The molecule has 1 atom stereocenters. The maximum Gasteiger partial charge on any atom is 0.239 e. The highest BCUT2D eigenvalue weighted by molar-refractivity contribution is 5.86. The van der Waals surface area contributed by atoms with Crippen LogP contribution in [0, 0.1) is 5.82 Å². The molecule has 1 heterocycles. The summed E-state index contributed by atoms with van der Waals surface area (Å²) in [7, 11) is 2.09. The van der Waals surface area contributed by atoms with Gasteiger partial charge in [-0.2, -0.15) is 0 Å². The number of anilines is 1. The molecule has 0 bridgehead atoms. The number of hydrogen-bond acceptors (Lipinski definition) is 4. The Hall–Kier alpha value is -0.790. The lowest BCUT2D eigenvalue weighted by molar-refractivity contribution is -0.125. The van der Waals surface area contributed by atoms with Crippen LogP contribution in [0.1, 0.15) is 32.4 Å². The molecule has 1 aliphatic rings. The molecular formula is C17H30Cl3FN4O. The van der Waals surface area contributed by atoms with Crippen molar-refractivity contribution in [3.8, 4) is 0 Å². The highest BCUT2D eigenvalue weighted by atomic mass is 35.5. The van der Waals surface area contributed by atoms with Gasteiger partial charge in [-0.05, 0) is 46.0 Å². The largest absolute Gasteiger partial charge is 0.369 e. The predicted molar refractivity (Wildman–Crippen MR) is 113 cm³/mol. The highest BCUT2D eigenvalue weighted by Crippen LogP contribution is 2.28. The van der Waals surface area contributed by atoms with Crippen LogP contribution in [0.2, 0.25) is 0 Å². The van der Waals surface area contributed by atoms with Crippen molar-refractivity contribution in [2.75, 3.05) is 38.1 Å². The molecule has 1 amide bonds. The van der Waals surface area contributed by atoms with Gasteiger partial charge in [0.2, 0.25) is 5.91 Å². The third kappa shape index (κ3) is 7.08. The smallest absolute Gasteiger partial charge is 0.239 e. The van der Waals surface area contributed by atoms with Gasteiger partial charge in [0, 0.05) is 37.4 Å². The zero-order valence-electron chi connectivity index (χ0n) is 15.6. The van der Waals surface area contributed by atoms with E-state index in [2.05, 4.69) is 22.2 Å². The number of hydrogen-bond donors (Lipinski definition) is 2. The molecule has 0 spiro atoms. The third-order valence-corrected chi connectivity index (χ3v) is 4.23. The molecule has 0 aliphatic carbocycles. The molecule has 1 fully saturated rings. The summed E-state index contributed by atoms with van der Waals surface area (Å²) < 4.78 is 13.7. The third-order valence-electron chi connectivity index (χ3n) is 4.23. The number of amides is 1. The second-order valence-electron chi connectivity index (χ2n) is 6.91. The average Bonchev–Trinajstić information content (AvgIpc) is 2.47. The highest BCUT2D eigenvalue weighted by Gasteiger charge is 2.26. The van der Waals surface area contributed by atoms with Crippen LogP contribution in [0.15, 0.2) is 18.2 Å². The minimum absolute atomic E-state index is 0. The van der Waals surface area contributed by atoms with Gasteiger partial charge in [0.25, 0.3) is 0 Å². The molecule has 2 rings (SSSR count). The quantitative estimate of drug-likeness (QED) is 0.769. The zero-order valence-corrected chi connectivity index (χ0v) is 18.1. The van der Waals surface area contributed by atoms with Crippen LogP contribution in [0.5, 0.6) is 0 Å². The van der Waals surface area contributed by atoms with Crippen molar-refractivity contribution in [1.82, 2.24) is 10.2 Å². The Bertz CT molecular complexity index is 576. The number of likely N-dealkylation sites (N-methyl/N-ethyl adjacent to an activating group) is 1. The van der Waals surface area contributed by atoms with E-state index >= 15 is 0 Å². The SMILES string of the molecule is CC(NC(=O)C(C)(C)N)c1cc(F)ccc1N1CCN(C)CC1.Cl.Cl.Cl. The Kier molecular flexibility index (Phi) is 11.8. The van der Waals surface area contributed by atoms with E-state index in [1.165, 1.54) is 12.1 Å². The first-order valence-electron chi connectivity index (χ1n) is 8.01. The summed E-state index contributed by atoms with van der Waals surface area (Å²) in [5, 5.41) is 2.88. The van der Waals surface area contributed by atoms with E-state index < -0.39 is 5.54 Å². The monoisotopic (exact) mass is 430 g/mol. The topological polar surface area (TPSA) is 61.6 Å². The standard InChI is InChI=1S/C17H27FN4O.3ClH/c1-12(20-16(23)17(2,3)19)14-11-13(18)5-6-15(14)22-9-7-21(4)8-10-22;;;/h5-6,11-12H,7-10,19H2,1-4H3,(H,20,23);3*1H. The van der Waals surface area contributed by atoms with Gasteiger partial charge in [0.1, 0.15) is 5.82 Å². The Labute approximate surface area is 174 Å². The van der Waals surface area contributed by atoms with E-state index in [4.69, 9.17) is 5.73 Å². The molecule has 1 unspecified atom stereocenters. The summed E-state index contributed by atoms with van der Waals surface area (Å²) in [6.07, 6.45) is 0. The van der Waals surface area contributed by atoms with Crippen molar-refractivity contribution in [2.24, 2.45) is 5.73 Å². The molecule has 152 valence electrons. The number of nitrogens with two attached hydrogens (primary N) is 1. The lowest BCUT2D eigenvalue weighted by atomic mass is 10.0. The summed E-state index contributed by atoms with van der Waals surface area (Å²) in [5.74, 6) is -0.551. The van der Waals surface area contributed by atoms with E-state index in [0.29, 0.717) is 0 Å². The van der Waals surface area contributed by atoms with Gasteiger partial charge < -0.3 is 20.9 Å². The molecule has 3 N–H and O–H groups in total. The molecule has 0 radical (unpaired) electrons. The lowest BCUT2D eigenvalue weighted by Crippen LogP contribution is -2.50. The zero-order chi connectivity index (χ0) is 17.2. The number of benzene rings is 1. The maximum absolute atomic E-state index is 13.7. The van der Waals surface area contributed by atoms with Gasteiger partial charge in [0.15, 0.2) is 0 Å². The van der Waals surface area contributed by atoms with E-state index in [-0.39, 0.29) is 55.0 Å². The Morgan fingerprint density at radius 2 is 1.73 bits per heavy atom. The van der Waals surface area contributed by atoms with E-state index in [9.17, 15) is 9.18 Å². The molecule has 26 heavy (non-hydrogen) atoms. The summed E-state index contributed by atoms with van der Waals surface area (Å²) in [5.41, 5.74) is 6.63. The summed E-state index contributed by atoms with van der Waals surface area (Å²) in [6, 6.07) is 4.46. The fourth-order valence-electron chi connectivity index (χ4n) is 2.67. The van der Waals surface area contributed by atoms with Crippen molar-refractivity contribution < 1.29 is 9.18 Å². The van der Waals surface area contributed by atoms with Crippen molar-refractivity contribution in [1.29, 1.82) is 0 Å². The van der Waals surface area contributed by atoms with Gasteiger partial charge in [0.05, 0.1) is 11.6 Å². The number of nitrogens with zero attached hydrogens (tertiary/aromatic N) is 2. The van der Waals surface area contributed by atoms with Crippen molar-refractivity contribution in [3.05, 3.63) is 29.6 Å².